The first-order valence-corrected chi connectivity index (χ1v) is 12.2. The molecule has 0 atom stereocenters. The van der Waals surface area contributed by atoms with Gasteiger partial charge in [-0.15, -0.1) is 0 Å². The molecule has 1 fully saturated rings. The van der Waals surface area contributed by atoms with Gasteiger partial charge in [-0.25, -0.2) is 4.79 Å². The standard InChI is InChI=1S/C27H30ClN3O4/c1-2-34-27(33)31-16-14-30(15-17-31)26(32)25-13-12-24(35-25)20-29(18-21-6-4-3-5-7-21)19-22-8-10-23(28)11-9-22/h3-13H,2,14-20H2,1H3. The lowest BCUT2D eigenvalue weighted by Gasteiger charge is -2.33. The molecule has 4 rings (SSSR count). The van der Waals surface area contributed by atoms with Gasteiger partial charge in [0.05, 0.1) is 13.2 Å². The summed E-state index contributed by atoms with van der Waals surface area (Å²) in [7, 11) is 0. The van der Waals surface area contributed by atoms with Crippen molar-refractivity contribution in [2.45, 2.75) is 26.6 Å². The van der Waals surface area contributed by atoms with Crippen LogP contribution in [0.4, 0.5) is 4.79 Å². The maximum absolute atomic E-state index is 13.0. The van der Waals surface area contributed by atoms with E-state index in [1.807, 2.05) is 48.5 Å². The van der Waals surface area contributed by atoms with Crippen molar-refractivity contribution in [2.75, 3.05) is 32.8 Å². The molecule has 35 heavy (non-hydrogen) atoms. The van der Waals surface area contributed by atoms with E-state index in [9.17, 15) is 9.59 Å². The summed E-state index contributed by atoms with van der Waals surface area (Å²) in [6.07, 6.45) is -0.334. The molecule has 1 aliphatic rings. The van der Waals surface area contributed by atoms with Crippen molar-refractivity contribution in [3.05, 3.63) is 94.4 Å². The van der Waals surface area contributed by atoms with Crippen molar-refractivity contribution >= 4 is 23.6 Å². The third-order valence-electron chi connectivity index (χ3n) is 5.91. The zero-order chi connectivity index (χ0) is 24.6. The van der Waals surface area contributed by atoms with Gasteiger partial charge in [-0.1, -0.05) is 54.1 Å². The number of halogens is 1. The fourth-order valence-electron chi connectivity index (χ4n) is 4.12. The van der Waals surface area contributed by atoms with Gasteiger partial charge in [0.2, 0.25) is 0 Å². The van der Waals surface area contributed by atoms with Crippen LogP contribution < -0.4 is 0 Å². The molecule has 8 heteroatoms. The second-order valence-electron chi connectivity index (χ2n) is 8.50. The highest BCUT2D eigenvalue weighted by Gasteiger charge is 2.27. The molecule has 0 N–H and O–H groups in total. The number of ether oxygens (including phenoxy) is 1. The summed E-state index contributed by atoms with van der Waals surface area (Å²) in [5.41, 5.74) is 2.34. The highest BCUT2D eigenvalue weighted by molar-refractivity contribution is 6.30. The maximum Gasteiger partial charge on any atom is 0.409 e. The summed E-state index contributed by atoms with van der Waals surface area (Å²) in [6, 6.07) is 21.7. The molecule has 1 aliphatic heterocycles. The Hall–Kier alpha value is -3.29. The molecule has 184 valence electrons. The van der Waals surface area contributed by atoms with Crippen molar-refractivity contribution in [3.63, 3.8) is 0 Å². The fraction of sp³-hybridized carbons (Fsp3) is 0.333. The molecule has 3 aromatic rings. The molecular weight excluding hydrogens is 466 g/mol. The van der Waals surface area contributed by atoms with E-state index in [1.54, 1.807) is 22.8 Å². The molecule has 2 aromatic carbocycles. The normalized spacial score (nSPS) is 13.8. The quantitative estimate of drug-likeness (QED) is 0.437. The first-order chi connectivity index (χ1) is 17.0. The van der Waals surface area contributed by atoms with Gasteiger partial charge in [0.1, 0.15) is 5.76 Å². The minimum absolute atomic E-state index is 0.160. The zero-order valence-corrected chi connectivity index (χ0v) is 20.6. The van der Waals surface area contributed by atoms with Gasteiger partial charge in [-0.2, -0.15) is 0 Å². The first-order valence-electron chi connectivity index (χ1n) is 11.8. The van der Waals surface area contributed by atoms with Crippen molar-refractivity contribution in [2.24, 2.45) is 0 Å². The van der Waals surface area contributed by atoms with Gasteiger partial charge in [-0.3, -0.25) is 9.69 Å². The predicted octanol–water partition coefficient (Wildman–Crippen LogP) is 5.05. The molecule has 0 saturated carbocycles. The Morgan fingerprint density at radius 2 is 1.49 bits per heavy atom. The summed E-state index contributed by atoms with van der Waals surface area (Å²) in [6.45, 7) is 5.93. The highest BCUT2D eigenvalue weighted by atomic mass is 35.5. The van der Waals surface area contributed by atoms with E-state index in [1.165, 1.54) is 5.56 Å². The Labute approximate surface area is 210 Å². The van der Waals surface area contributed by atoms with Crippen molar-refractivity contribution in [1.29, 1.82) is 0 Å². The van der Waals surface area contributed by atoms with Crippen LogP contribution in [0.3, 0.4) is 0 Å². The van der Waals surface area contributed by atoms with Gasteiger partial charge in [0, 0.05) is 44.3 Å². The molecule has 1 aromatic heterocycles. The number of benzene rings is 2. The molecule has 7 nitrogen and oxygen atoms in total. The van der Waals surface area contributed by atoms with Gasteiger partial charge >= 0.3 is 6.09 Å². The first kappa shape index (κ1) is 24.8. The topological polar surface area (TPSA) is 66.2 Å². The Morgan fingerprint density at radius 3 is 2.14 bits per heavy atom. The number of amides is 2. The minimum Gasteiger partial charge on any atom is -0.455 e. The van der Waals surface area contributed by atoms with E-state index in [-0.39, 0.29) is 12.0 Å². The van der Waals surface area contributed by atoms with Crippen LogP contribution in [0, 0.1) is 0 Å². The van der Waals surface area contributed by atoms with Gasteiger partial charge in [0.15, 0.2) is 5.76 Å². The Bertz CT molecular complexity index is 1110. The van der Waals surface area contributed by atoms with Gasteiger partial charge in [-0.05, 0) is 42.3 Å². The van der Waals surface area contributed by atoms with E-state index in [0.717, 1.165) is 17.9 Å². The maximum atomic E-state index is 13.0. The summed E-state index contributed by atoms with van der Waals surface area (Å²) in [4.78, 5) is 30.5. The number of carbonyl (C=O) groups excluding carboxylic acids is 2. The number of rotatable bonds is 8. The third kappa shape index (κ3) is 6.87. The predicted molar refractivity (Wildman–Crippen MR) is 134 cm³/mol. The molecule has 0 bridgehead atoms. The largest absolute Gasteiger partial charge is 0.455 e. The van der Waals surface area contributed by atoms with Crippen LogP contribution in [-0.2, 0) is 24.4 Å². The van der Waals surface area contributed by atoms with Crippen LogP contribution in [0.2, 0.25) is 5.02 Å². The van der Waals surface area contributed by atoms with Crippen LogP contribution in [0.5, 0.6) is 0 Å². The molecule has 0 aliphatic carbocycles. The van der Waals surface area contributed by atoms with E-state index in [2.05, 4.69) is 17.0 Å². The third-order valence-corrected chi connectivity index (χ3v) is 6.17. The van der Waals surface area contributed by atoms with Gasteiger partial charge in [0.25, 0.3) is 5.91 Å². The van der Waals surface area contributed by atoms with E-state index < -0.39 is 0 Å². The summed E-state index contributed by atoms with van der Waals surface area (Å²) in [5.74, 6) is 0.881. The monoisotopic (exact) mass is 495 g/mol. The van der Waals surface area contributed by atoms with Gasteiger partial charge < -0.3 is 19.0 Å². The second kappa shape index (κ2) is 11.9. The summed E-state index contributed by atoms with van der Waals surface area (Å²) in [5, 5.41) is 0.709. The molecule has 2 amide bonds. The average molecular weight is 496 g/mol. The Morgan fingerprint density at radius 1 is 0.857 bits per heavy atom. The number of hydrogen-bond acceptors (Lipinski definition) is 5. The van der Waals surface area contributed by atoms with E-state index >= 15 is 0 Å². The van der Waals surface area contributed by atoms with E-state index in [0.29, 0.717) is 56.7 Å². The van der Waals surface area contributed by atoms with Crippen molar-refractivity contribution in [3.8, 4) is 0 Å². The molecule has 0 radical (unpaired) electrons. The summed E-state index contributed by atoms with van der Waals surface area (Å²) >= 11 is 6.05. The van der Waals surface area contributed by atoms with Crippen molar-refractivity contribution < 1.29 is 18.7 Å². The molecule has 0 spiro atoms. The van der Waals surface area contributed by atoms with Crippen LogP contribution in [0.15, 0.2) is 71.1 Å². The second-order valence-corrected chi connectivity index (χ2v) is 8.94. The minimum atomic E-state index is -0.334. The number of hydrogen-bond donors (Lipinski definition) is 0. The SMILES string of the molecule is CCOC(=O)N1CCN(C(=O)c2ccc(CN(Cc3ccccc3)Cc3ccc(Cl)cc3)o2)CC1. The lowest BCUT2D eigenvalue weighted by Crippen LogP contribution is -2.50. The van der Waals surface area contributed by atoms with Crippen LogP contribution in [0.25, 0.3) is 0 Å². The van der Waals surface area contributed by atoms with Crippen LogP contribution >= 0.6 is 11.6 Å². The van der Waals surface area contributed by atoms with Crippen LogP contribution in [-0.4, -0.2) is 59.5 Å². The Kier molecular flexibility index (Phi) is 8.45. The fourth-order valence-corrected chi connectivity index (χ4v) is 4.24. The molecular formula is C27H30ClN3O4. The number of piperazine rings is 1. The number of furan rings is 1. The van der Waals surface area contributed by atoms with E-state index in [4.69, 9.17) is 20.8 Å². The number of carbonyl (C=O) groups is 2. The molecule has 2 heterocycles. The molecule has 1 saturated heterocycles. The van der Waals surface area contributed by atoms with Crippen molar-refractivity contribution in [1.82, 2.24) is 14.7 Å². The number of nitrogens with zero attached hydrogens (tertiary/aromatic N) is 3. The lowest BCUT2D eigenvalue weighted by molar-refractivity contribution is 0.0543. The summed E-state index contributed by atoms with van der Waals surface area (Å²) < 4.78 is 11.0. The Balaban J connectivity index is 1.40. The average Bonchev–Trinajstić information content (AvgIpc) is 3.34. The smallest absolute Gasteiger partial charge is 0.409 e. The zero-order valence-electron chi connectivity index (χ0n) is 19.9. The highest BCUT2D eigenvalue weighted by Crippen LogP contribution is 2.19. The molecule has 0 unspecified atom stereocenters. The van der Waals surface area contributed by atoms with Crippen LogP contribution in [0.1, 0.15) is 34.4 Å². The lowest BCUT2D eigenvalue weighted by atomic mass is 10.1.